The first-order chi connectivity index (χ1) is 11.1. The molecule has 1 N–H and O–H groups in total. The third-order valence-corrected chi connectivity index (χ3v) is 4.56. The third-order valence-electron chi connectivity index (χ3n) is 4.56. The number of carbonyl (C=O) groups is 2. The fraction of sp³-hybridized carbons (Fsp3) is 0.588. The first kappa shape index (κ1) is 15.9. The highest BCUT2D eigenvalue weighted by molar-refractivity contribution is 5.91. The molecule has 1 aromatic heterocycles. The normalized spacial score (nSPS) is 22.4. The molecule has 0 unspecified atom stereocenters. The Balaban J connectivity index is 1.55. The zero-order valence-corrected chi connectivity index (χ0v) is 13.6. The van der Waals surface area contributed by atoms with Gasteiger partial charge in [-0.25, -0.2) is 4.98 Å². The van der Waals surface area contributed by atoms with Crippen molar-refractivity contribution in [3.63, 3.8) is 0 Å². The van der Waals surface area contributed by atoms with Gasteiger partial charge in [0.15, 0.2) is 0 Å². The van der Waals surface area contributed by atoms with E-state index >= 15 is 0 Å². The molecule has 2 fully saturated rings. The van der Waals surface area contributed by atoms with Crippen molar-refractivity contribution in [3.05, 3.63) is 23.9 Å². The van der Waals surface area contributed by atoms with Gasteiger partial charge in [-0.3, -0.25) is 14.5 Å². The molecular formula is C17H24N4O2. The molecule has 6 nitrogen and oxygen atoms in total. The maximum Gasteiger partial charge on any atom is 0.229 e. The van der Waals surface area contributed by atoms with Crippen molar-refractivity contribution in [2.24, 2.45) is 5.92 Å². The Bertz CT molecular complexity index is 590. The van der Waals surface area contributed by atoms with Gasteiger partial charge in [-0.2, -0.15) is 0 Å². The summed E-state index contributed by atoms with van der Waals surface area (Å²) >= 11 is 0. The minimum Gasteiger partial charge on any atom is -0.330 e. The Morgan fingerprint density at radius 2 is 2.22 bits per heavy atom. The molecule has 2 amide bonds. The lowest BCUT2D eigenvalue weighted by molar-refractivity contribution is -0.130. The third kappa shape index (κ3) is 4.07. The number of hydrogen-bond acceptors (Lipinski definition) is 4. The molecule has 0 aromatic carbocycles. The predicted octanol–water partition coefficient (Wildman–Crippen LogP) is 1.62. The molecule has 2 aliphatic rings. The van der Waals surface area contributed by atoms with E-state index < -0.39 is 0 Å². The van der Waals surface area contributed by atoms with Crippen LogP contribution in [-0.2, 0) is 9.59 Å². The van der Waals surface area contributed by atoms with Crippen molar-refractivity contribution in [1.82, 2.24) is 14.8 Å². The molecule has 0 aliphatic carbocycles. The quantitative estimate of drug-likeness (QED) is 0.917. The summed E-state index contributed by atoms with van der Waals surface area (Å²) in [4.78, 5) is 32.7. The minimum atomic E-state index is -0.0382. The number of carbonyl (C=O) groups excluding carboxylic acids is 2. The topological polar surface area (TPSA) is 65.5 Å². The van der Waals surface area contributed by atoms with Crippen LogP contribution in [0.4, 0.5) is 5.82 Å². The van der Waals surface area contributed by atoms with Crippen molar-refractivity contribution in [1.29, 1.82) is 0 Å². The van der Waals surface area contributed by atoms with E-state index in [0.717, 1.165) is 38.0 Å². The van der Waals surface area contributed by atoms with Gasteiger partial charge in [0.25, 0.3) is 0 Å². The summed E-state index contributed by atoms with van der Waals surface area (Å²) in [7, 11) is 0. The summed E-state index contributed by atoms with van der Waals surface area (Å²) in [5.74, 6) is 0.840. The molecule has 124 valence electrons. The summed E-state index contributed by atoms with van der Waals surface area (Å²) in [5.41, 5.74) is 0.889. The summed E-state index contributed by atoms with van der Waals surface area (Å²) in [6.45, 7) is 5.08. The number of hydrogen-bond donors (Lipinski definition) is 1. The van der Waals surface area contributed by atoms with Crippen molar-refractivity contribution in [2.45, 2.75) is 32.6 Å². The number of nitrogens with one attached hydrogen (secondary N) is 1. The zero-order valence-electron chi connectivity index (χ0n) is 13.6. The van der Waals surface area contributed by atoms with Crippen LogP contribution in [0.3, 0.4) is 0 Å². The van der Waals surface area contributed by atoms with Crippen LogP contribution in [0.5, 0.6) is 0 Å². The Morgan fingerprint density at radius 3 is 2.96 bits per heavy atom. The number of pyridine rings is 1. The number of amides is 2. The number of anilines is 1. The van der Waals surface area contributed by atoms with Crippen LogP contribution >= 0.6 is 0 Å². The second kappa shape index (κ2) is 7.08. The molecule has 1 atom stereocenters. The van der Waals surface area contributed by atoms with Crippen molar-refractivity contribution in [2.75, 3.05) is 31.6 Å². The van der Waals surface area contributed by atoms with E-state index in [1.165, 1.54) is 0 Å². The highest BCUT2D eigenvalue weighted by atomic mass is 16.2. The van der Waals surface area contributed by atoms with Crippen LogP contribution in [0, 0.1) is 12.8 Å². The second-order valence-electron chi connectivity index (χ2n) is 6.47. The number of aryl methyl sites for hydroxylation is 1. The highest BCUT2D eigenvalue weighted by Gasteiger charge is 2.29. The summed E-state index contributed by atoms with van der Waals surface area (Å²) in [6.07, 6.45) is 3.50. The van der Waals surface area contributed by atoms with Gasteiger partial charge < -0.3 is 10.2 Å². The van der Waals surface area contributed by atoms with Crippen molar-refractivity contribution < 1.29 is 9.59 Å². The zero-order chi connectivity index (χ0) is 16.2. The van der Waals surface area contributed by atoms with Gasteiger partial charge in [-0.1, -0.05) is 6.07 Å². The predicted molar refractivity (Wildman–Crippen MR) is 87.7 cm³/mol. The van der Waals surface area contributed by atoms with E-state index in [1.807, 2.05) is 30.0 Å². The lowest BCUT2D eigenvalue weighted by atomic mass is 9.97. The molecule has 0 saturated carbocycles. The van der Waals surface area contributed by atoms with Crippen LogP contribution in [0.25, 0.3) is 0 Å². The first-order valence-electron chi connectivity index (χ1n) is 8.36. The van der Waals surface area contributed by atoms with Gasteiger partial charge >= 0.3 is 0 Å². The van der Waals surface area contributed by atoms with Crippen LogP contribution < -0.4 is 5.32 Å². The van der Waals surface area contributed by atoms with Crippen LogP contribution in [-0.4, -0.2) is 52.9 Å². The van der Waals surface area contributed by atoms with Crippen LogP contribution in [0.2, 0.25) is 0 Å². The molecule has 2 saturated heterocycles. The van der Waals surface area contributed by atoms with E-state index in [4.69, 9.17) is 0 Å². The van der Waals surface area contributed by atoms with Crippen molar-refractivity contribution >= 4 is 17.6 Å². The maximum atomic E-state index is 12.5. The number of piperidine rings is 1. The smallest absolute Gasteiger partial charge is 0.229 e. The van der Waals surface area contributed by atoms with Gasteiger partial charge in [-0.05, 0) is 44.9 Å². The minimum absolute atomic E-state index is 0.0283. The molecule has 0 radical (unpaired) electrons. The Labute approximate surface area is 136 Å². The van der Waals surface area contributed by atoms with E-state index in [0.29, 0.717) is 25.5 Å². The summed E-state index contributed by atoms with van der Waals surface area (Å²) in [6, 6.07) is 5.61. The molecule has 3 rings (SSSR count). The molecule has 3 heterocycles. The summed E-state index contributed by atoms with van der Waals surface area (Å²) in [5, 5.41) is 2.92. The maximum absolute atomic E-state index is 12.5. The lowest BCUT2D eigenvalue weighted by Crippen LogP contribution is -2.46. The highest BCUT2D eigenvalue weighted by Crippen LogP contribution is 2.20. The number of likely N-dealkylation sites (tertiary alicyclic amines) is 2. The largest absolute Gasteiger partial charge is 0.330 e. The number of nitrogens with zero attached hydrogens (tertiary/aromatic N) is 3. The lowest BCUT2D eigenvalue weighted by Gasteiger charge is -2.34. The molecule has 0 spiro atoms. The second-order valence-corrected chi connectivity index (χ2v) is 6.47. The standard InChI is InChI=1S/C17H24N4O2/c1-13-5-2-7-15(18-13)19-17(23)14-6-3-9-20(11-14)12-21-10-4-8-16(21)22/h2,5,7,14H,3-4,6,8-12H2,1H3,(H,18,19,23)/t14-/m0/s1. The fourth-order valence-electron chi connectivity index (χ4n) is 3.33. The summed E-state index contributed by atoms with van der Waals surface area (Å²) < 4.78 is 0. The van der Waals surface area contributed by atoms with Crippen molar-refractivity contribution in [3.8, 4) is 0 Å². The van der Waals surface area contributed by atoms with Crippen LogP contribution in [0.1, 0.15) is 31.4 Å². The average molecular weight is 316 g/mol. The van der Waals surface area contributed by atoms with Crippen LogP contribution in [0.15, 0.2) is 18.2 Å². The first-order valence-corrected chi connectivity index (χ1v) is 8.36. The van der Waals surface area contributed by atoms with Gasteiger partial charge in [0, 0.05) is 25.2 Å². The van der Waals surface area contributed by atoms with E-state index in [1.54, 1.807) is 0 Å². The van der Waals surface area contributed by atoms with E-state index in [2.05, 4.69) is 15.2 Å². The monoisotopic (exact) mass is 316 g/mol. The average Bonchev–Trinajstić information content (AvgIpc) is 2.93. The number of rotatable bonds is 4. The molecule has 2 aliphatic heterocycles. The van der Waals surface area contributed by atoms with Gasteiger partial charge in [0.1, 0.15) is 5.82 Å². The molecule has 23 heavy (non-hydrogen) atoms. The van der Waals surface area contributed by atoms with E-state index in [9.17, 15) is 9.59 Å². The molecular weight excluding hydrogens is 292 g/mol. The molecule has 1 aromatic rings. The van der Waals surface area contributed by atoms with E-state index in [-0.39, 0.29) is 17.7 Å². The number of aromatic nitrogens is 1. The fourth-order valence-corrected chi connectivity index (χ4v) is 3.33. The molecule has 0 bridgehead atoms. The van der Waals surface area contributed by atoms with Gasteiger partial charge in [0.05, 0.1) is 12.6 Å². The van der Waals surface area contributed by atoms with Gasteiger partial charge in [0.2, 0.25) is 11.8 Å². The Kier molecular flexibility index (Phi) is 4.91. The Morgan fingerprint density at radius 1 is 1.35 bits per heavy atom. The Hall–Kier alpha value is -1.95. The van der Waals surface area contributed by atoms with Gasteiger partial charge in [-0.15, -0.1) is 0 Å². The molecule has 6 heteroatoms. The SMILES string of the molecule is Cc1cccc(NC(=O)[C@H]2CCCN(CN3CCCC3=O)C2)n1.